The monoisotopic (exact) mass is 376 g/mol. The molecule has 0 aliphatic carbocycles. The van der Waals surface area contributed by atoms with E-state index < -0.39 is 16.0 Å². The van der Waals surface area contributed by atoms with Crippen LogP contribution in [0.15, 0.2) is 21.5 Å². The van der Waals surface area contributed by atoms with Crippen molar-refractivity contribution in [3.63, 3.8) is 0 Å². The number of fused-ring (bicyclic) bond motifs is 1. The molecule has 1 amide bonds. The smallest absolute Gasteiger partial charge is 0.321 e. The van der Waals surface area contributed by atoms with Crippen LogP contribution in [0.25, 0.3) is 0 Å². The third-order valence-electron chi connectivity index (χ3n) is 3.05. The highest BCUT2D eigenvalue weighted by molar-refractivity contribution is 9.10. The highest BCUT2D eigenvalue weighted by atomic mass is 79.9. The molecule has 114 valence electrons. The summed E-state index contributed by atoms with van der Waals surface area (Å²) in [5.41, 5.74) is 1.19. The summed E-state index contributed by atoms with van der Waals surface area (Å²) < 4.78 is 30.6. The molecule has 1 aromatic carbocycles. The van der Waals surface area contributed by atoms with Gasteiger partial charge in [0.1, 0.15) is 6.54 Å². The Morgan fingerprint density at radius 2 is 2.14 bits per heavy atom. The van der Waals surface area contributed by atoms with Gasteiger partial charge in [0.25, 0.3) is 0 Å². The van der Waals surface area contributed by atoms with Crippen LogP contribution in [0.2, 0.25) is 0 Å². The molecule has 2 rings (SSSR count). The molecule has 7 nitrogen and oxygen atoms in total. The number of hydrogen-bond donors (Lipinski definition) is 1. The first-order chi connectivity index (χ1) is 9.75. The van der Waals surface area contributed by atoms with E-state index >= 15 is 0 Å². The van der Waals surface area contributed by atoms with Crippen molar-refractivity contribution in [2.24, 2.45) is 0 Å². The SMILES string of the molecule is COC(=O)CN(C)S(=O)(=O)c1cc2c(cc1Br)NC(=O)C2. The standard InChI is InChI=1S/C12H13BrN2O5S/c1-15(6-12(17)20-2)21(18,19)10-3-7-4-11(16)14-9(7)5-8(10)13/h3,5H,4,6H2,1-2H3,(H,14,16). The molecule has 0 aromatic heterocycles. The molecule has 0 spiro atoms. The van der Waals surface area contributed by atoms with Crippen LogP contribution in [0, 0.1) is 0 Å². The maximum absolute atomic E-state index is 12.5. The zero-order valence-corrected chi connectivity index (χ0v) is 13.7. The summed E-state index contributed by atoms with van der Waals surface area (Å²) in [5, 5.41) is 2.64. The van der Waals surface area contributed by atoms with Gasteiger partial charge >= 0.3 is 5.97 Å². The lowest BCUT2D eigenvalue weighted by Crippen LogP contribution is -2.33. The summed E-state index contributed by atoms with van der Waals surface area (Å²) in [6.45, 7) is -0.389. The second-order valence-electron chi connectivity index (χ2n) is 4.50. The summed E-state index contributed by atoms with van der Waals surface area (Å²) in [4.78, 5) is 22.6. The summed E-state index contributed by atoms with van der Waals surface area (Å²) in [6, 6.07) is 2.97. The van der Waals surface area contributed by atoms with Gasteiger partial charge in [0.05, 0.1) is 18.4 Å². The van der Waals surface area contributed by atoms with Gasteiger partial charge in [-0.15, -0.1) is 0 Å². The predicted molar refractivity (Wildman–Crippen MR) is 78.3 cm³/mol. The zero-order chi connectivity index (χ0) is 15.8. The third-order valence-corrected chi connectivity index (χ3v) is 5.81. The molecule has 0 radical (unpaired) electrons. The Balaban J connectivity index is 2.39. The van der Waals surface area contributed by atoms with Crippen LogP contribution < -0.4 is 5.32 Å². The topological polar surface area (TPSA) is 92.8 Å². The maximum Gasteiger partial charge on any atom is 0.321 e. The minimum absolute atomic E-state index is 0.00385. The van der Waals surface area contributed by atoms with E-state index in [1.807, 2.05) is 0 Å². The van der Waals surface area contributed by atoms with Crippen LogP contribution in [0.4, 0.5) is 5.69 Å². The minimum atomic E-state index is -3.87. The number of nitrogens with zero attached hydrogens (tertiary/aromatic N) is 1. The van der Waals surface area contributed by atoms with Crippen molar-refractivity contribution in [1.82, 2.24) is 4.31 Å². The molecule has 1 aromatic rings. The average molecular weight is 377 g/mol. The number of hydrogen-bond acceptors (Lipinski definition) is 5. The number of nitrogens with one attached hydrogen (secondary N) is 1. The Labute approximate surface area is 130 Å². The second kappa shape index (κ2) is 5.74. The first-order valence-electron chi connectivity index (χ1n) is 5.91. The third kappa shape index (κ3) is 3.09. The Hall–Kier alpha value is -1.45. The molecule has 1 heterocycles. The van der Waals surface area contributed by atoms with Gasteiger partial charge < -0.3 is 10.1 Å². The number of esters is 1. The van der Waals surface area contributed by atoms with E-state index in [4.69, 9.17) is 0 Å². The molecule has 0 saturated heterocycles. The fourth-order valence-electron chi connectivity index (χ4n) is 1.92. The lowest BCUT2D eigenvalue weighted by molar-refractivity contribution is -0.140. The van der Waals surface area contributed by atoms with Gasteiger partial charge in [0.2, 0.25) is 15.9 Å². The molecule has 0 bridgehead atoms. The number of halogens is 1. The van der Waals surface area contributed by atoms with Gasteiger partial charge in [0, 0.05) is 17.2 Å². The van der Waals surface area contributed by atoms with Gasteiger partial charge in [-0.1, -0.05) is 0 Å². The van der Waals surface area contributed by atoms with Crippen molar-refractivity contribution in [3.8, 4) is 0 Å². The predicted octanol–water partition coefficient (Wildman–Crippen LogP) is 0.737. The Morgan fingerprint density at radius 3 is 2.76 bits per heavy atom. The number of benzene rings is 1. The van der Waals surface area contributed by atoms with Crippen LogP contribution in [0.5, 0.6) is 0 Å². The molecule has 1 N–H and O–H groups in total. The molecule has 21 heavy (non-hydrogen) atoms. The molecule has 0 unspecified atom stereocenters. The number of sulfonamides is 1. The fourth-order valence-corrected chi connectivity index (χ4v) is 4.09. The van der Waals surface area contributed by atoms with E-state index in [-0.39, 0.29) is 23.8 Å². The number of ether oxygens (including phenoxy) is 1. The molecule has 0 fully saturated rings. The number of carbonyl (C=O) groups excluding carboxylic acids is 2. The van der Waals surface area contributed by atoms with Crippen LogP contribution in [-0.4, -0.2) is 45.3 Å². The van der Waals surface area contributed by atoms with E-state index in [2.05, 4.69) is 26.0 Å². The number of likely N-dealkylation sites (N-methyl/N-ethyl adjacent to an activating group) is 1. The van der Waals surface area contributed by atoms with Crippen LogP contribution in [0.3, 0.4) is 0 Å². The van der Waals surface area contributed by atoms with Crippen molar-refractivity contribution >= 4 is 43.5 Å². The van der Waals surface area contributed by atoms with E-state index in [9.17, 15) is 18.0 Å². The molecular weight excluding hydrogens is 364 g/mol. The van der Waals surface area contributed by atoms with Gasteiger partial charge in [-0.05, 0) is 33.6 Å². The quantitative estimate of drug-likeness (QED) is 0.782. The van der Waals surface area contributed by atoms with Crippen LogP contribution in [0.1, 0.15) is 5.56 Å². The Kier molecular flexibility index (Phi) is 4.35. The normalized spacial score (nSPS) is 14.0. The highest BCUT2D eigenvalue weighted by Gasteiger charge is 2.28. The number of rotatable bonds is 4. The van der Waals surface area contributed by atoms with Crippen molar-refractivity contribution in [2.45, 2.75) is 11.3 Å². The lowest BCUT2D eigenvalue weighted by Gasteiger charge is -2.17. The minimum Gasteiger partial charge on any atom is -0.468 e. The summed E-state index contributed by atoms with van der Waals surface area (Å²) in [5.74, 6) is -0.843. The van der Waals surface area contributed by atoms with Gasteiger partial charge in [-0.2, -0.15) is 4.31 Å². The first-order valence-corrected chi connectivity index (χ1v) is 8.14. The summed E-state index contributed by atoms with van der Waals surface area (Å²) >= 11 is 3.18. The molecule has 0 saturated carbocycles. The molecule has 0 atom stereocenters. The molecule has 1 aliphatic heterocycles. The fraction of sp³-hybridized carbons (Fsp3) is 0.333. The van der Waals surface area contributed by atoms with Gasteiger partial charge in [-0.25, -0.2) is 8.42 Å². The largest absolute Gasteiger partial charge is 0.468 e. The van der Waals surface area contributed by atoms with Crippen LogP contribution in [-0.2, 0) is 30.8 Å². The first kappa shape index (κ1) is 15.9. The lowest BCUT2D eigenvalue weighted by atomic mass is 10.2. The Bertz CT molecular complexity index is 717. The Morgan fingerprint density at radius 1 is 1.48 bits per heavy atom. The summed E-state index contributed by atoms with van der Waals surface area (Å²) in [7, 11) is -1.39. The molecule has 1 aliphatic rings. The van der Waals surface area contributed by atoms with E-state index in [0.717, 1.165) is 4.31 Å². The number of amides is 1. The number of methoxy groups -OCH3 is 1. The van der Waals surface area contributed by atoms with Gasteiger partial charge in [-0.3, -0.25) is 9.59 Å². The van der Waals surface area contributed by atoms with Gasteiger partial charge in [0.15, 0.2) is 0 Å². The van der Waals surface area contributed by atoms with Crippen molar-refractivity contribution in [3.05, 3.63) is 22.2 Å². The van der Waals surface area contributed by atoms with Crippen molar-refractivity contribution in [2.75, 3.05) is 26.0 Å². The van der Waals surface area contributed by atoms with E-state index in [1.165, 1.54) is 20.2 Å². The second-order valence-corrected chi connectivity index (χ2v) is 7.37. The zero-order valence-electron chi connectivity index (χ0n) is 11.3. The summed E-state index contributed by atoms with van der Waals surface area (Å²) in [6.07, 6.45) is 0.131. The van der Waals surface area contributed by atoms with E-state index in [1.54, 1.807) is 6.07 Å². The highest BCUT2D eigenvalue weighted by Crippen LogP contribution is 2.33. The molecular formula is C12H13BrN2O5S. The van der Waals surface area contributed by atoms with Crippen LogP contribution >= 0.6 is 15.9 Å². The molecule has 9 heteroatoms. The van der Waals surface area contributed by atoms with E-state index in [0.29, 0.717) is 15.7 Å². The number of carbonyl (C=O) groups is 2. The maximum atomic E-state index is 12.5. The van der Waals surface area contributed by atoms with Crippen molar-refractivity contribution < 1.29 is 22.7 Å². The number of anilines is 1. The van der Waals surface area contributed by atoms with Crippen molar-refractivity contribution in [1.29, 1.82) is 0 Å². The average Bonchev–Trinajstić information content (AvgIpc) is 2.76.